The van der Waals surface area contributed by atoms with Crippen LogP contribution >= 0.6 is 0 Å². The topological polar surface area (TPSA) is 90.8 Å². The molecule has 1 heterocycles. The van der Waals surface area contributed by atoms with E-state index in [-0.39, 0.29) is 18.1 Å². The predicted octanol–water partition coefficient (Wildman–Crippen LogP) is -1.08. The van der Waals surface area contributed by atoms with E-state index >= 15 is 0 Å². The standard InChI is InChI=1S/C12H23N3O3/c1-17-9-5-15(6-10(9)18-2)7-12(14,11(13)16)8-3-4-8/h8-10H,3-7,14H2,1-2H3,(H2,13,16). The number of amides is 1. The monoisotopic (exact) mass is 257 g/mol. The molecule has 3 atom stereocenters. The average Bonchev–Trinajstić information content (AvgIpc) is 3.11. The van der Waals surface area contributed by atoms with Gasteiger partial charge in [-0.05, 0) is 18.8 Å². The van der Waals surface area contributed by atoms with E-state index in [0.29, 0.717) is 6.54 Å². The molecular weight excluding hydrogens is 234 g/mol. The Morgan fingerprint density at radius 3 is 2.11 bits per heavy atom. The molecule has 0 aromatic heterocycles. The summed E-state index contributed by atoms with van der Waals surface area (Å²) in [6, 6.07) is 0. The fraction of sp³-hybridized carbons (Fsp3) is 0.917. The van der Waals surface area contributed by atoms with Crippen LogP contribution in [0.25, 0.3) is 0 Å². The van der Waals surface area contributed by atoms with Crippen molar-refractivity contribution >= 4 is 5.91 Å². The number of hydrogen-bond donors (Lipinski definition) is 2. The Morgan fingerprint density at radius 1 is 1.28 bits per heavy atom. The summed E-state index contributed by atoms with van der Waals surface area (Å²) in [6.45, 7) is 1.95. The average molecular weight is 257 g/mol. The van der Waals surface area contributed by atoms with Crippen molar-refractivity contribution in [2.45, 2.75) is 30.6 Å². The molecule has 3 unspecified atom stereocenters. The third kappa shape index (κ3) is 2.51. The number of nitrogens with two attached hydrogens (primary N) is 2. The largest absolute Gasteiger partial charge is 0.377 e. The van der Waals surface area contributed by atoms with Gasteiger partial charge in [-0.15, -0.1) is 0 Å². The molecule has 2 aliphatic rings. The maximum atomic E-state index is 11.6. The van der Waals surface area contributed by atoms with Crippen LogP contribution in [0.4, 0.5) is 0 Å². The van der Waals surface area contributed by atoms with Crippen molar-refractivity contribution in [2.24, 2.45) is 17.4 Å². The molecule has 104 valence electrons. The first-order chi connectivity index (χ1) is 8.51. The Kier molecular flexibility index (Phi) is 3.91. The Hall–Kier alpha value is -0.690. The third-order valence-corrected chi connectivity index (χ3v) is 4.15. The Morgan fingerprint density at radius 2 is 1.78 bits per heavy atom. The lowest BCUT2D eigenvalue weighted by Crippen LogP contribution is -2.60. The number of hydrogen-bond acceptors (Lipinski definition) is 5. The van der Waals surface area contributed by atoms with E-state index in [9.17, 15) is 4.79 Å². The molecule has 1 aliphatic heterocycles. The van der Waals surface area contributed by atoms with Gasteiger partial charge in [-0.2, -0.15) is 0 Å². The molecule has 18 heavy (non-hydrogen) atoms. The van der Waals surface area contributed by atoms with Crippen LogP contribution in [0.5, 0.6) is 0 Å². The lowest BCUT2D eigenvalue weighted by atomic mass is 9.93. The van der Waals surface area contributed by atoms with Crippen molar-refractivity contribution in [1.82, 2.24) is 4.90 Å². The highest BCUT2D eigenvalue weighted by molar-refractivity contribution is 5.85. The van der Waals surface area contributed by atoms with Crippen molar-refractivity contribution < 1.29 is 14.3 Å². The van der Waals surface area contributed by atoms with Crippen molar-refractivity contribution in [3.8, 4) is 0 Å². The molecule has 0 radical (unpaired) electrons. The number of methoxy groups -OCH3 is 2. The summed E-state index contributed by atoms with van der Waals surface area (Å²) in [5, 5.41) is 0. The normalized spacial score (nSPS) is 32.4. The molecular formula is C12H23N3O3. The molecule has 2 rings (SSSR count). The van der Waals surface area contributed by atoms with Crippen LogP contribution in [0.15, 0.2) is 0 Å². The van der Waals surface area contributed by atoms with E-state index in [4.69, 9.17) is 20.9 Å². The van der Waals surface area contributed by atoms with Crippen LogP contribution in [0, 0.1) is 5.92 Å². The minimum Gasteiger partial charge on any atom is -0.377 e. The maximum absolute atomic E-state index is 11.6. The molecule has 0 spiro atoms. The highest BCUT2D eigenvalue weighted by Gasteiger charge is 2.49. The molecule has 1 saturated carbocycles. The molecule has 1 aliphatic carbocycles. The van der Waals surface area contributed by atoms with Crippen LogP contribution in [0.3, 0.4) is 0 Å². The van der Waals surface area contributed by atoms with Crippen LogP contribution in [0.2, 0.25) is 0 Å². The zero-order valence-electron chi connectivity index (χ0n) is 11.1. The fourth-order valence-corrected chi connectivity index (χ4v) is 2.78. The third-order valence-electron chi connectivity index (χ3n) is 4.15. The van der Waals surface area contributed by atoms with Gasteiger partial charge in [-0.3, -0.25) is 9.69 Å². The quantitative estimate of drug-likeness (QED) is 0.632. The Labute approximate surface area is 108 Å². The lowest BCUT2D eigenvalue weighted by Gasteiger charge is -2.30. The van der Waals surface area contributed by atoms with Gasteiger partial charge in [0.15, 0.2) is 0 Å². The van der Waals surface area contributed by atoms with E-state index < -0.39 is 11.4 Å². The summed E-state index contributed by atoms with van der Waals surface area (Å²) in [6.07, 6.45) is 2.06. The van der Waals surface area contributed by atoms with E-state index in [1.165, 1.54) is 0 Å². The van der Waals surface area contributed by atoms with Crippen molar-refractivity contribution in [3.05, 3.63) is 0 Å². The molecule has 1 saturated heterocycles. The van der Waals surface area contributed by atoms with E-state index in [0.717, 1.165) is 25.9 Å². The number of likely N-dealkylation sites (tertiary alicyclic amines) is 1. The van der Waals surface area contributed by atoms with E-state index in [1.54, 1.807) is 14.2 Å². The highest BCUT2D eigenvalue weighted by Crippen LogP contribution is 2.39. The van der Waals surface area contributed by atoms with Gasteiger partial charge in [0, 0.05) is 33.9 Å². The summed E-state index contributed by atoms with van der Waals surface area (Å²) in [5.74, 6) is -0.169. The van der Waals surface area contributed by atoms with E-state index in [1.807, 2.05) is 0 Å². The maximum Gasteiger partial charge on any atom is 0.239 e. The van der Waals surface area contributed by atoms with Gasteiger partial charge in [0.05, 0.1) is 12.2 Å². The van der Waals surface area contributed by atoms with Gasteiger partial charge in [0.2, 0.25) is 5.91 Å². The number of carbonyl (C=O) groups is 1. The number of nitrogens with zero attached hydrogens (tertiary/aromatic N) is 1. The zero-order chi connectivity index (χ0) is 13.3. The molecule has 1 amide bonds. The molecule has 0 aromatic rings. The van der Waals surface area contributed by atoms with Crippen LogP contribution in [0.1, 0.15) is 12.8 Å². The van der Waals surface area contributed by atoms with Crippen LogP contribution in [-0.2, 0) is 14.3 Å². The smallest absolute Gasteiger partial charge is 0.239 e. The van der Waals surface area contributed by atoms with Crippen LogP contribution in [-0.4, -0.2) is 62.4 Å². The number of rotatable bonds is 6. The first-order valence-electron chi connectivity index (χ1n) is 6.38. The lowest BCUT2D eigenvalue weighted by molar-refractivity contribution is -0.124. The first kappa shape index (κ1) is 13.7. The second-order valence-corrected chi connectivity index (χ2v) is 5.42. The number of primary amides is 1. The molecule has 0 bridgehead atoms. The van der Waals surface area contributed by atoms with Gasteiger partial charge in [-0.25, -0.2) is 0 Å². The second-order valence-electron chi connectivity index (χ2n) is 5.42. The molecule has 4 N–H and O–H groups in total. The summed E-state index contributed by atoms with van der Waals surface area (Å²) in [5.41, 5.74) is 10.8. The second kappa shape index (κ2) is 5.13. The zero-order valence-corrected chi connectivity index (χ0v) is 11.1. The summed E-state index contributed by atoms with van der Waals surface area (Å²) >= 11 is 0. The number of ether oxygens (including phenoxy) is 2. The fourth-order valence-electron chi connectivity index (χ4n) is 2.78. The van der Waals surface area contributed by atoms with Gasteiger partial charge in [0.25, 0.3) is 0 Å². The SMILES string of the molecule is COC1CN(CC(N)(C(N)=O)C2CC2)CC1OC. The number of carbonyl (C=O) groups excluding carboxylic acids is 1. The highest BCUT2D eigenvalue weighted by atomic mass is 16.5. The molecule has 6 nitrogen and oxygen atoms in total. The van der Waals surface area contributed by atoms with Crippen molar-refractivity contribution in [1.29, 1.82) is 0 Å². The van der Waals surface area contributed by atoms with Gasteiger partial charge >= 0.3 is 0 Å². The molecule has 0 aromatic carbocycles. The summed E-state index contributed by atoms with van der Waals surface area (Å²) in [4.78, 5) is 13.7. The molecule has 2 fully saturated rings. The predicted molar refractivity (Wildman–Crippen MR) is 66.9 cm³/mol. The van der Waals surface area contributed by atoms with Gasteiger partial charge in [-0.1, -0.05) is 0 Å². The minimum absolute atomic E-state index is 0.0336. The Balaban J connectivity index is 1.99. The van der Waals surface area contributed by atoms with Gasteiger partial charge in [0.1, 0.15) is 5.54 Å². The summed E-state index contributed by atoms with van der Waals surface area (Å²) < 4.78 is 10.7. The molecule has 6 heteroatoms. The van der Waals surface area contributed by atoms with E-state index in [2.05, 4.69) is 4.90 Å². The first-order valence-corrected chi connectivity index (χ1v) is 6.38. The van der Waals surface area contributed by atoms with Crippen molar-refractivity contribution in [2.75, 3.05) is 33.9 Å². The van der Waals surface area contributed by atoms with Crippen molar-refractivity contribution in [3.63, 3.8) is 0 Å². The minimum atomic E-state index is -0.902. The van der Waals surface area contributed by atoms with Crippen LogP contribution < -0.4 is 11.5 Å². The van der Waals surface area contributed by atoms with Gasteiger partial charge < -0.3 is 20.9 Å². The summed E-state index contributed by atoms with van der Waals surface area (Å²) in [7, 11) is 3.34. The Bertz CT molecular complexity index is 310.